The molecule has 3 heterocycles. The summed E-state index contributed by atoms with van der Waals surface area (Å²) in [6, 6.07) is 11.9. The van der Waals surface area contributed by atoms with Crippen LogP contribution < -0.4 is 0 Å². The molecular formula is C18H19N5O. The molecule has 1 fully saturated rings. The van der Waals surface area contributed by atoms with E-state index in [-0.39, 0.29) is 11.9 Å². The van der Waals surface area contributed by atoms with Gasteiger partial charge in [-0.25, -0.2) is 4.98 Å². The molecule has 3 aromatic rings. The molecule has 0 saturated carbocycles. The van der Waals surface area contributed by atoms with Crippen molar-refractivity contribution in [3.05, 3.63) is 67.0 Å². The van der Waals surface area contributed by atoms with Crippen molar-refractivity contribution in [2.24, 2.45) is 0 Å². The van der Waals surface area contributed by atoms with Gasteiger partial charge in [-0.2, -0.15) is 5.10 Å². The van der Waals surface area contributed by atoms with E-state index in [0.29, 0.717) is 5.69 Å². The Kier molecular flexibility index (Phi) is 3.86. The van der Waals surface area contributed by atoms with Crippen LogP contribution >= 0.6 is 0 Å². The average Bonchev–Trinajstić information content (AvgIpc) is 3.37. The molecular weight excluding hydrogens is 302 g/mol. The van der Waals surface area contributed by atoms with Crippen molar-refractivity contribution in [3.63, 3.8) is 0 Å². The lowest BCUT2D eigenvalue weighted by Crippen LogP contribution is -2.39. The normalized spacial score (nSPS) is 17.3. The Morgan fingerprint density at radius 1 is 1.21 bits per heavy atom. The standard InChI is InChI=1S/C18H19N5O/c24-18(17-12-19-14-23(17)15-6-2-1-3-7-15)22-11-4-8-16(22)13-21-10-5-9-20-21/h1-3,5-7,9-10,12,14,16H,4,8,11,13H2. The van der Waals surface area contributed by atoms with Crippen molar-refractivity contribution in [3.8, 4) is 5.69 Å². The van der Waals surface area contributed by atoms with Gasteiger partial charge in [0.15, 0.2) is 0 Å². The molecule has 0 bridgehead atoms. The molecule has 6 heteroatoms. The lowest BCUT2D eigenvalue weighted by atomic mass is 10.2. The van der Waals surface area contributed by atoms with Gasteiger partial charge < -0.3 is 4.90 Å². The first-order chi connectivity index (χ1) is 11.8. The molecule has 1 atom stereocenters. The molecule has 2 aromatic heterocycles. The van der Waals surface area contributed by atoms with Crippen molar-refractivity contribution in [2.45, 2.75) is 25.4 Å². The zero-order chi connectivity index (χ0) is 16.4. The minimum atomic E-state index is 0.0333. The number of para-hydroxylation sites is 1. The third-order valence-corrected chi connectivity index (χ3v) is 4.49. The SMILES string of the molecule is O=C(c1cncn1-c1ccccc1)N1CCCC1Cn1cccn1. The molecule has 1 aromatic carbocycles. The van der Waals surface area contributed by atoms with Crippen molar-refractivity contribution >= 4 is 5.91 Å². The van der Waals surface area contributed by atoms with Gasteiger partial charge in [0.05, 0.1) is 25.1 Å². The van der Waals surface area contributed by atoms with E-state index in [9.17, 15) is 4.79 Å². The molecule has 0 aliphatic carbocycles. The Morgan fingerprint density at radius 3 is 2.88 bits per heavy atom. The number of carbonyl (C=O) groups is 1. The Hall–Kier alpha value is -2.89. The quantitative estimate of drug-likeness (QED) is 0.741. The van der Waals surface area contributed by atoms with Crippen LogP contribution in [0, 0.1) is 0 Å². The van der Waals surface area contributed by atoms with Gasteiger partial charge in [-0.1, -0.05) is 18.2 Å². The van der Waals surface area contributed by atoms with Crippen LogP contribution in [0.15, 0.2) is 61.3 Å². The lowest BCUT2D eigenvalue weighted by molar-refractivity contribution is 0.0713. The van der Waals surface area contributed by atoms with Gasteiger partial charge in [-0.05, 0) is 31.0 Å². The van der Waals surface area contributed by atoms with E-state index in [1.807, 2.05) is 56.7 Å². The van der Waals surface area contributed by atoms with Gasteiger partial charge in [0.2, 0.25) is 0 Å². The molecule has 0 N–H and O–H groups in total. The number of amides is 1. The first-order valence-corrected chi connectivity index (χ1v) is 8.19. The molecule has 0 spiro atoms. The van der Waals surface area contributed by atoms with Gasteiger partial charge >= 0.3 is 0 Å². The van der Waals surface area contributed by atoms with Crippen LogP contribution in [0.1, 0.15) is 23.3 Å². The molecule has 1 aliphatic rings. The third-order valence-electron chi connectivity index (χ3n) is 4.49. The highest BCUT2D eigenvalue weighted by Crippen LogP contribution is 2.22. The van der Waals surface area contributed by atoms with E-state index < -0.39 is 0 Å². The number of rotatable bonds is 4. The average molecular weight is 321 g/mol. The van der Waals surface area contributed by atoms with Crippen molar-refractivity contribution in [1.82, 2.24) is 24.2 Å². The van der Waals surface area contributed by atoms with E-state index in [4.69, 9.17) is 0 Å². The highest BCUT2D eigenvalue weighted by molar-refractivity contribution is 5.93. The third kappa shape index (κ3) is 2.71. The number of imidazole rings is 1. The van der Waals surface area contributed by atoms with Crippen LogP contribution in [0.2, 0.25) is 0 Å². The maximum Gasteiger partial charge on any atom is 0.272 e. The maximum absolute atomic E-state index is 13.1. The number of carbonyl (C=O) groups excluding carboxylic acids is 1. The number of likely N-dealkylation sites (tertiary alicyclic amines) is 1. The number of hydrogen-bond acceptors (Lipinski definition) is 3. The minimum Gasteiger partial charge on any atom is -0.332 e. The molecule has 4 rings (SSSR count). The minimum absolute atomic E-state index is 0.0333. The van der Waals surface area contributed by atoms with Crippen LogP contribution in [0.3, 0.4) is 0 Å². The summed E-state index contributed by atoms with van der Waals surface area (Å²) in [5.41, 5.74) is 1.55. The summed E-state index contributed by atoms with van der Waals surface area (Å²) >= 11 is 0. The molecule has 0 radical (unpaired) electrons. The summed E-state index contributed by atoms with van der Waals surface area (Å²) in [6.45, 7) is 1.52. The highest BCUT2D eigenvalue weighted by atomic mass is 16.2. The van der Waals surface area contributed by atoms with E-state index in [0.717, 1.165) is 31.6 Å². The van der Waals surface area contributed by atoms with Gasteiger partial charge in [0.25, 0.3) is 5.91 Å². The zero-order valence-corrected chi connectivity index (χ0v) is 13.3. The predicted octanol–water partition coefficient (Wildman–Crippen LogP) is 2.37. The number of nitrogens with zero attached hydrogens (tertiary/aromatic N) is 5. The van der Waals surface area contributed by atoms with E-state index in [1.54, 1.807) is 18.7 Å². The van der Waals surface area contributed by atoms with Crippen molar-refractivity contribution < 1.29 is 4.79 Å². The number of benzene rings is 1. The summed E-state index contributed by atoms with van der Waals surface area (Å²) in [7, 11) is 0. The van der Waals surface area contributed by atoms with E-state index >= 15 is 0 Å². The zero-order valence-electron chi connectivity index (χ0n) is 13.3. The fraction of sp³-hybridized carbons (Fsp3) is 0.278. The monoisotopic (exact) mass is 321 g/mol. The Bertz CT molecular complexity index is 809. The molecule has 1 amide bonds. The largest absolute Gasteiger partial charge is 0.332 e. The van der Waals surface area contributed by atoms with E-state index in [2.05, 4.69) is 10.1 Å². The summed E-state index contributed by atoms with van der Waals surface area (Å²) in [4.78, 5) is 19.2. The Morgan fingerprint density at radius 2 is 2.08 bits per heavy atom. The van der Waals surface area contributed by atoms with Crippen molar-refractivity contribution in [1.29, 1.82) is 0 Å². The predicted molar refractivity (Wildman–Crippen MR) is 89.8 cm³/mol. The first-order valence-electron chi connectivity index (χ1n) is 8.19. The number of aromatic nitrogens is 4. The molecule has 1 saturated heterocycles. The summed E-state index contributed by atoms with van der Waals surface area (Å²) < 4.78 is 3.75. The van der Waals surface area contributed by atoms with Gasteiger partial charge in [-0.3, -0.25) is 14.0 Å². The summed E-state index contributed by atoms with van der Waals surface area (Å²) in [5.74, 6) is 0.0333. The van der Waals surface area contributed by atoms with Crippen LogP contribution in [0.4, 0.5) is 0 Å². The molecule has 1 aliphatic heterocycles. The first kappa shape index (κ1) is 14.7. The Balaban J connectivity index is 1.59. The molecule has 122 valence electrons. The van der Waals surface area contributed by atoms with E-state index in [1.165, 1.54) is 0 Å². The summed E-state index contributed by atoms with van der Waals surface area (Å²) in [5, 5.41) is 4.26. The second kappa shape index (κ2) is 6.31. The second-order valence-electron chi connectivity index (χ2n) is 6.01. The van der Waals surface area contributed by atoms with Gasteiger partial charge in [-0.15, -0.1) is 0 Å². The van der Waals surface area contributed by atoms with Gasteiger partial charge in [0.1, 0.15) is 5.69 Å². The smallest absolute Gasteiger partial charge is 0.272 e. The Labute approximate surface area is 140 Å². The lowest BCUT2D eigenvalue weighted by Gasteiger charge is -2.25. The topological polar surface area (TPSA) is 56.0 Å². The fourth-order valence-corrected chi connectivity index (χ4v) is 3.31. The molecule has 1 unspecified atom stereocenters. The maximum atomic E-state index is 13.1. The van der Waals surface area contributed by atoms with Crippen LogP contribution in [0.5, 0.6) is 0 Å². The fourth-order valence-electron chi connectivity index (χ4n) is 3.31. The second-order valence-corrected chi connectivity index (χ2v) is 6.01. The summed E-state index contributed by atoms with van der Waals surface area (Å²) in [6.07, 6.45) is 9.09. The van der Waals surface area contributed by atoms with Gasteiger partial charge in [0, 0.05) is 24.6 Å². The van der Waals surface area contributed by atoms with Crippen LogP contribution in [-0.4, -0.2) is 42.7 Å². The number of hydrogen-bond donors (Lipinski definition) is 0. The van der Waals surface area contributed by atoms with Crippen LogP contribution in [0.25, 0.3) is 5.69 Å². The van der Waals surface area contributed by atoms with Crippen molar-refractivity contribution in [2.75, 3.05) is 6.54 Å². The highest BCUT2D eigenvalue weighted by Gasteiger charge is 2.31. The molecule has 6 nitrogen and oxygen atoms in total. The van der Waals surface area contributed by atoms with Crippen LogP contribution in [-0.2, 0) is 6.54 Å². The molecule has 24 heavy (non-hydrogen) atoms.